The van der Waals surface area contributed by atoms with Crippen molar-refractivity contribution in [3.63, 3.8) is 0 Å². The number of piperidine rings is 1. The Labute approximate surface area is 103 Å². The van der Waals surface area contributed by atoms with Crippen molar-refractivity contribution in [3.05, 3.63) is 35.4 Å². The molecule has 0 amide bonds. The number of nitrogens with one attached hydrogen (secondary N) is 1. The zero-order chi connectivity index (χ0) is 10.7. The number of halogens is 1. The second-order valence-electron chi connectivity index (χ2n) is 4.25. The number of ketones is 1. The Balaban J connectivity index is 0.00000128. The lowest BCUT2D eigenvalue weighted by atomic mass is 9.89. The number of carbonyl (C=O) groups excluding carboxylic acids is 1. The molecule has 0 radical (unpaired) electrons. The van der Waals surface area contributed by atoms with E-state index < -0.39 is 0 Å². The third kappa shape index (κ3) is 3.06. The standard InChI is InChI=1S/C13H17NO.ClH/c1-10-2-4-11(5-3-10)13(15)12-6-8-14-9-7-12;/h2-5,12,14H,6-9H2,1H3;1H. The molecule has 0 aromatic heterocycles. The normalized spacial score (nSPS) is 16.6. The lowest BCUT2D eigenvalue weighted by Crippen LogP contribution is -2.31. The molecule has 0 aliphatic carbocycles. The summed E-state index contributed by atoms with van der Waals surface area (Å²) in [7, 11) is 0. The van der Waals surface area contributed by atoms with E-state index in [2.05, 4.69) is 5.32 Å². The number of carbonyl (C=O) groups is 1. The van der Waals surface area contributed by atoms with E-state index in [1.807, 2.05) is 31.2 Å². The Bertz CT molecular complexity index is 341. The summed E-state index contributed by atoms with van der Waals surface area (Å²) in [5.41, 5.74) is 2.07. The van der Waals surface area contributed by atoms with Gasteiger partial charge in [0.1, 0.15) is 0 Å². The molecule has 1 saturated heterocycles. The molecule has 16 heavy (non-hydrogen) atoms. The summed E-state index contributed by atoms with van der Waals surface area (Å²) in [5.74, 6) is 0.547. The molecule has 0 spiro atoms. The summed E-state index contributed by atoms with van der Waals surface area (Å²) >= 11 is 0. The highest BCUT2D eigenvalue weighted by Gasteiger charge is 2.21. The lowest BCUT2D eigenvalue weighted by Gasteiger charge is -2.21. The quantitative estimate of drug-likeness (QED) is 0.804. The predicted molar refractivity (Wildman–Crippen MR) is 68.4 cm³/mol. The average molecular weight is 240 g/mol. The van der Waals surface area contributed by atoms with Crippen LogP contribution in [0.1, 0.15) is 28.8 Å². The fourth-order valence-corrected chi connectivity index (χ4v) is 2.04. The Hall–Kier alpha value is -0.860. The molecule has 0 atom stereocenters. The summed E-state index contributed by atoms with van der Waals surface area (Å²) in [6.07, 6.45) is 1.96. The van der Waals surface area contributed by atoms with E-state index in [9.17, 15) is 4.79 Å². The maximum Gasteiger partial charge on any atom is 0.166 e. The number of hydrogen-bond donors (Lipinski definition) is 1. The van der Waals surface area contributed by atoms with E-state index in [0.717, 1.165) is 31.5 Å². The summed E-state index contributed by atoms with van der Waals surface area (Å²) in [4.78, 5) is 12.1. The van der Waals surface area contributed by atoms with Gasteiger partial charge in [0.15, 0.2) is 5.78 Å². The van der Waals surface area contributed by atoms with Crippen LogP contribution in [-0.2, 0) is 0 Å². The minimum absolute atomic E-state index is 0. The van der Waals surface area contributed by atoms with Crippen molar-refractivity contribution in [1.82, 2.24) is 5.32 Å². The molecule has 2 rings (SSSR count). The lowest BCUT2D eigenvalue weighted by molar-refractivity contribution is 0.0895. The monoisotopic (exact) mass is 239 g/mol. The molecule has 1 aromatic rings. The first-order valence-corrected chi connectivity index (χ1v) is 5.59. The minimum Gasteiger partial charge on any atom is -0.317 e. The van der Waals surface area contributed by atoms with Crippen molar-refractivity contribution < 1.29 is 4.79 Å². The number of Topliss-reactive ketones (excluding diaryl/α,β-unsaturated/α-hetero) is 1. The topological polar surface area (TPSA) is 29.1 Å². The summed E-state index contributed by atoms with van der Waals surface area (Å²) in [6.45, 7) is 3.99. The van der Waals surface area contributed by atoms with Crippen LogP contribution in [0.15, 0.2) is 24.3 Å². The first kappa shape index (κ1) is 13.2. The average Bonchev–Trinajstić information content (AvgIpc) is 2.30. The number of benzene rings is 1. The van der Waals surface area contributed by atoms with Crippen molar-refractivity contribution in [3.8, 4) is 0 Å². The van der Waals surface area contributed by atoms with Gasteiger partial charge >= 0.3 is 0 Å². The predicted octanol–water partition coefficient (Wildman–Crippen LogP) is 2.60. The second-order valence-corrected chi connectivity index (χ2v) is 4.25. The third-order valence-corrected chi connectivity index (χ3v) is 3.05. The second kappa shape index (κ2) is 6.02. The molecule has 0 unspecified atom stereocenters. The Morgan fingerprint density at radius 1 is 1.19 bits per heavy atom. The molecule has 0 saturated carbocycles. The van der Waals surface area contributed by atoms with Crippen LogP contribution in [0.2, 0.25) is 0 Å². The fourth-order valence-electron chi connectivity index (χ4n) is 2.04. The molecule has 1 N–H and O–H groups in total. The number of aryl methyl sites for hydroxylation is 1. The Morgan fingerprint density at radius 3 is 2.31 bits per heavy atom. The van der Waals surface area contributed by atoms with Gasteiger partial charge in [0, 0.05) is 11.5 Å². The van der Waals surface area contributed by atoms with Crippen molar-refractivity contribution in [2.75, 3.05) is 13.1 Å². The molecule has 0 bridgehead atoms. The zero-order valence-electron chi connectivity index (χ0n) is 9.53. The van der Waals surface area contributed by atoms with Gasteiger partial charge in [0.25, 0.3) is 0 Å². The van der Waals surface area contributed by atoms with E-state index in [0.29, 0.717) is 5.78 Å². The first-order valence-electron chi connectivity index (χ1n) is 5.59. The first-order chi connectivity index (χ1) is 7.27. The molecular weight excluding hydrogens is 222 g/mol. The van der Waals surface area contributed by atoms with Crippen LogP contribution >= 0.6 is 12.4 Å². The highest BCUT2D eigenvalue weighted by Crippen LogP contribution is 2.18. The van der Waals surface area contributed by atoms with Gasteiger partial charge in [-0.3, -0.25) is 4.79 Å². The minimum atomic E-state index is 0. The van der Waals surface area contributed by atoms with Gasteiger partial charge in [-0.15, -0.1) is 12.4 Å². The van der Waals surface area contributed by atoms with E-state index in [1.54, 1.807) is 0 Å². The number of rotatable bonds is 2. The fraction of sp³-hybridized carbons (Fsp3) is 0.462. The smallest absolute Gasteiger partial charge is 0.166 e. The van der Waals surface area contributed by atoms with Gasteiger partial charge < -0.3 is 5.32 Å². The van der Waals surface area contributed by atoms with Crippen LogP contribution in [0.25, 0.3) is 0 Å². The molecular formula is C13H18ClNO. The van der Waals surface area contributed by atoms with Crippen LogP contribution in [-0.4, -0.2) is 18.9 Å². The molecule has 3 heteroatoms. The Kier molecular flexibility index (Phi) is 4.97. The van der Waals surface area contributed by atoms with Crippen LogP contribution in [0.3, 0.4) is 0 Å². The van der Waals surface area contributed by atoms with Gasteiger partial charge in [-0.25, -0.2) is 0 Å². The van der Waals surface area contributed by atoms with Gasteiger partial charge in [-0.2, -0.15) is 0 Å². The molecule has 1 aliphatic rings. The van der Waals surface area contributed by atoms with Crippen LogP contribution in [0.5, 0.6) is 0 Å². The van der Waals surface area contributed by atoms with E-state index >= 15 is 0 Å². The van der Waals surface area contributed by atoms with Crippen molar-refractivity contribution in [2.45, 2.75) is 19.8 Å². The van der Waals surface area contributed by atoms with Crippen LogP contribution in [0.4, 0.5) is 0 Å². The van der Waals surface area contributed by atoms with E-state index in [1.165, 1.54) is 5.56 Å². The van der Waals surface area contributed by atoms with Gasteiger partial charge in [0.05, 0.1) is 0 Å². The van der Waals surface area contributed by atoms with Crippen molar-refractivity contribution >= 4 is 18.2 Å². The molecule has 1 fully saturated rings. The van der Waals surface area contributed by atoms with E-state index in [4.69, 9.17) is 0 Å². The van der Waals surface area contributed by atoms with Gasteiger partial charge in [-0.05, 0) is 32.9 Å². The van der Waals surface area contributed by atoms with E-state index in [-0.39, 0.29) is 18.3 Å². The van der Waals surface area contributed by atoms with Crippen LogP contribution < -0.4 is 5.32 Å². The maximum atomic E-state index is 12.1. The maximum absolute atomic E-state index is 12.1. The van der Waals surface area contributed by atoms with Crippen molar-refractivity contribution in [1.29, 1.82) is 0 Å². The summed E-state index contributed by atoms with van der Waals surface area (Å²) in [5, 5.41) is 3.28. The highest BCUT2D eigenvalue weighted by molar-refractivity contribution is 5.97. The molecule has 2 nitrogen and oxygen atoms in total. The molecule has 88 valence electrons. The highest BCUT2D eigenvalue weighted by atomic mass is 35.5. The zero-order valence-corrected chi connectivity index (χ0v) is 10.3. The molecule has 1 heterocycles. The summed E-state index contributed by atoms with van der Waals surface area (Å²) < 4.78 is 0. The van der Waals surface area contributed by atoms with Gasteiger partial charge in [-0.1, -0.05) is 29.8 Å². The largest absolute Gasteiger partial charge is 0.317 e. The van der Waals surface area contributed by atoms with Crippen molar-refractivity contribution in [2.24, 2.45) is 5.92 Å². The Morgan fingerprint density at radius 2 is 1.75 bits per heavy atom. The van der Waals surface area contributed by atoms with Crippen LogP contribution in [0, 0.1) is 12.8 Å². The third-order valence-electron chi connectivity index (χ3n) is 3.05. The number of hydrogen-bond acceptors (Lipinski definition) is 2. The summed E-state index contributed by atoms with van der Waals surface area (Å²) in [6, 6.07) is 7.90. The SMILES string of the molecule is Cc1ccc(C(=O)C2CCNCC2)cc1.Cl. The van der Waals surface area contributed by atoms with Gasteiger partial charge in [0.2, 0.25) is 0 Å². The molecule has 1 aromatic carbocycles. The molecule has 1 aliphatic heterocycles.